The number of pyridine rings is 1. The lowest BCUT2D eigenvalue weighted by Crippen LogP contribution is -2.16. The number of aromatic nitrogens is 5. The van der Waals surface area contributed by atoms with Crippen molar-refractivity contribution in [1.29, 1.82) is 0 Å². The number of fused-ring (bicyclic) bond motifs is 1. The summed E-state index contributed by atoms with van der Waals surface area (Å²) in [5.41, 5.74) is 2.53. The Kier molecular flexibility index (Phi) is 3.63. The topological polar surface area (TPSA) is 97.6 Å². The van der Waals surface area contributed by atoms with Crippen LogP contribution in [-0.2, 0) is 4.79 Å². The van der Waals surface area contributed by atoms with Crippen LogP contribution in [0.5, 0.6) is 0 Å². The van der Waals surface area contributed by atoms with Crippen LogP contribution in [-0.4, -0.2) is 37.9 Å². The lowest BCUT2D eigenvalue weighted by atomic mass is 10.1. The smallest absolute Gasteiger partial charge is 0.229 e. The number of amides is 1. The largest absolute Gasteiger partial charge is 0.371 e. The van der Waals surface area contributed by atoms with Crippen molar-refractivity contribution in [2.75, 3.05) is 17.7 Å². The highest BCUT2D eigenvalue weighted by Gasteiger charge is 2.65. The van der Waals surface area contributed by atoms with E-state index in [4.69, 9.17) is 0 Å². The van der Waals surface area contributed by atoms with E-state index in [1.807, 2.05) is 16.9 Å². The van der Waals surface area contributed by atoms with Crippen LogP contribution < -0.4 is 10.6 Å². The average molecular weight is 399 g/mol. The van der Waals surface area contributed by atoms with Gasteiger partial charge in [0.15, 0.2) is 11.6 Å². The summed E-state index contributed by atoms with van der Waals surface area (Å²) in [5, 5.41) is 19.7. The quantitative estimate of drug-likeness (QED) is 0.655. The number of hydrogen-bond acceptors (Lipinski definition) is 6. The number of rotatable bonds is 4. The molecular weight excluding hydrogens is 378 g/mol. The minimum absolute atomic E-state index is 0.0455. The summed E-state index contributed by atoms with van der Waals surface area (Å²) in [5.74, 6) is 7.62. The summed E-state index contributed by atoms with van der Waals surface area (Å²) in [6.45, 7) is 0. The highest BCUT2D eigenvalue weighted by atomic mass is 16.2. The van der Waals surface area contributed by atoms with E-state index in [0.29, 0.717) is 28.6 Å². The fourth-order valence-electron chi connectivity index (χ4n) is 4.10. The van der Waals surface area contributed by atoms with Crippen LogP contribution in [0.3, 0.4) is 0 Å². The van der Waals surface area contributed by atoms with E-state index in [0.717, 1.165) is 22.9 Å². The lowest BCUT2D eigenvalue weighted by molar-refractivity contribution is -0.117. The van der Waals surface area contributed by atoms with Gasteiger partial charge in [0.25, 0.3) is 0 Å². The van der Waals surface area contributed by atoms with E-state index in [2.05, 4.69) is 42.8 Å². The molecule has 1 amide bonds. The van der Waals surface area contributed by atoms with E-state index in [-0.39, 0.29) is 11.8 Å². The number of nitrogens with one attached hydrogen (secondary N) is 2. The molecule has 8 heteroatoms. The molecule has 0 aromatic carbocycles. The Hall–Kier alpha value is -3.47. The first kappa shape index (κ1) is 17.4. The van der Waals surface area contributed by atoms with Crippen LogP contribution in [0.1, 0.15) is 49.3 Å². The molecule has 3 aromatic heterocycles. The molecule has 0 bridgehead atoms. The third kappa shape index (κ3) is 2.98. The predicted octanol–water partition coefficient (Wildman–Crippen LogP) is 2.74. The summed E-state index contributed by atoms with van der Waals surface area (Å²) in [6.07, 6.45) is 11.2. The van der Waals surface area contributed by atoms with Crippen molar-refractivity contribution in [1.82, 2.24) is 25.0 Å². The number of carbonyl (C=O) groups is 1. The van der Waals surface area contributed by atoms with Crippen molar-refractivity contribution in [3.63, 3.8) is 0 Å². The maximum Gasteiger partial charge on any atom is 0.229 e. The van der Waals surface area contributed by atoms with Crippen LogP contribution in [0.15, 0.2) is 24.7 Å². The van der Waals surface area contributed by atoms with E-state index >= 15 is 0 Å². The number of hydrogen-bond donors (Lipinski definition) is 2. The van der Waals surface area contributed by atoms with Crippen molar-refractivity contribution >= 4 is 28.4 Å². The molecule has 150 valence electrons. The van der Waals surface area contributed by atoms with Crippen LogP contribution in [0, 0.1) is 23.2 Å². The first-order valence-corrected chi connectivity index (χ1v) is 10.4. The van der Waals surface area contributed by atoms with E-state index in [1.165, 1.54) is 25.7 Å². The minimum atomic E-state index is 0.0455. The van der Waals surface area contributed by atoms with Gasteiger partial charge in [0.2, 0.25) is 5.91 Å². The Bertz CT molecular complexity index is 1240. The van der Waals surface area contributed by atoms with Gasteiger partial charge in [-0.15, -0.1) is 10.2 Å². The molecule has 3 saturated carbocycles. The molecule has 3 heterocycles. The maximum atomic E-state index is 12.5. The molecule has 3 aliphatic rings. The van der Waals surface area contributed by atoms with Gasteiger partial charge in [-0.1, -0.05) is 11.8 Å². The molecule has 2 N–H and O–H groups in total. The van der Waals surface area contributed by atoms with Crippen LogP contribution >= 0.6 is 0 Å². The minimum Gasteiger partial charge on any atom is -0.371 e. The summed E-state index contributed by atoms with van der Waals surface area (Å²) < 4.78 is 1.98. The summed E-state index contributed by atoms with van der Waals surface area (Å²) in [6, 6.07) is 2.36. The first-order chi connectivity index (χ1) is 14.6. The Balaban J connectivity index is 1.33. The molecule has 8 nitrogen and oxygen atoms in total. The summed E-state index contributed by atoms with van der Waals surface area (Å²) >= 11 is 0. The normalized spacial score (nSPS) is 20.5. The van der Waals surface area contributed by atoms with Gasteiger partial charge < -0.3 is 10.6 Å². The van der Waals surface area contributed by atoms with Crippen molar-refractivity contribution in [3.05, 3.63) is 35.8 Å². The SMILES string of the molecule is CNc1ncc(C#Cc2cnn(C3CC3)c2)c2cc(NC(=O)[C@@H]3CC34CC4)nnc12. The predicted molar refractivity (Wildman–Crippen MR) is 112 cm³/mol. The van der Waals surface area contributed by atoms with E-state index < -0.39 is 0 Å². The van der Waals surface area contributed by atoms with Crippen molar-refractivity contribution in [2.24, 2.45) is 11.3 Å². The monoisotopic (exact) mass is 399 g/mol. The highest BCUT2D eigenvalue weighted by Crippen LogP contribution is 2.70. The third-order valence-corrected chi connectivity index (χ3v) is 6.38. The Morgan fingerprint density at radius 3 is 2.83 bits per heavy atom. The molecule has 0 aliphatic heterocycles. The van der Waals surface area contributed by atoms with Crippen LogP contribution in [0.4, 0.5) is 11.6 Å². The third-order valence-electron chi connectivity index (χ3n) is 6.38. The molecule has 0 unspecified atom stereocenters. The zero-order valence-electron chi connectivity index (χ0n) is 16.6. The molecule has 1 spiro atoms. The molecule has 1 atom stereocenters. The molecule has 3 aromatic rings. The fourth-order valence-corrected chi connectivity index (χ4v) is 4.10. The second kappa shape index (κ2) is 6.26. The van der Waals surface area contributed by atoms with Gasteiger partial charge in [0.05, 0.1) is 23.4 Å². The first-order valence-electron chi connectivity index (χ1n) is 10.4. The van der Waals surface area contributed by atoms with Crippen LogP contribution in [0.2, 0.25) is 0 Å². The Morgan fingerprint density at radius 2 is 2.10 bits per heavy atom. The lowest BCUT2D eigenvalue weighted by Gasteiger charge is -2.08. The average Bonchev–Trinajstić information content (AvgIpc) is 3.70. The van der Waals surface area contributed by atoms with Crippen LogP contribution in [0.25, 0.3) is 10.9 Å². The number of nitrogens with zero attached hydrogens (tertiary/aromatic N) is 5. The summed E-state index contributed by atoms with van der Waals surface area (Å²) in [4.78, 5) is 16.9. The van der Waals surface area contributed by atoms with Gasteiger partial charge >= 0.3 is 0 Å². The zero-order chi connectivity index (χ0) is 20.3. The van der Waals surface area contributed by atoms with E-state index in [1.54, 1.807) is 19.4 Å². The van der Waals surface area contributed by atoms with Gasteiger partial charge in [0.1, 0.15) is 5.52 Å². The Labute approximate surface area is 173 Å². The van der Waals surface area contributed by atoms with Gasteiger partial charge in [-0.3, -0.25) is 9.48 Å². The fraction of sp³-hybridized carbons (Fsp3) is 0.409. The summed E-state index contributed by atoms with van der Waals surface area (Å²) in [7, 11) is 1.79. The highest BCUT2D eigenvalue weighted by molar-refractivity contribution is 5.98. The maximum absolute atomic E-state index is 12.5. The second-order valence-electron chi connectivity index (χ2n) is 8.56. The molecule has 6 rings (SSSR count). The van der Waals surface area contributed by atoms with Gasteiger partial charge in [-0.2, -0.15) is 5.10 Å². The van der Waals surface area contributed by atoms with Gasteiger partial charge in [0, 0.05) is 30.7 Å². The number of anilines is 2. The van der Waals surface area contributed by atoms with E-state index in [9.17, 15) is 4.79 Å². The van der Waals surface area contributed by atoms with Crippen molar-refractivity contribution in [3.8, 4) is 11.8 Å². The molecule has 3 fully saturated rings. The van der Waals surface area contributed by atoms with Gasteiger partial charge in [-0.05, 0) is 43.6 Å². The zero-order valence-corrected chi connectivity index (χ0v) is 16.6. The molecule has 0 saturated heterocycles. The van der Waals surface area contributed by atoms with Gasteiger partial charge in [-0.25, -0.2) is 4.98 Å². The Morgan fingerprint density at radius 1 is 1.23 bits per heavy atom. The van der Waals surface area contributed by atoms with Crippen molar-refractivity contribution < 1.29 is 4.79 Å². The molecule has 3 aliphatic carbocycles. The molecule has 30 heavy (non-hydrogen) atoms. The second-order valence-corrected chi connectivity index (χ2v) is 8.56. The molecular formula is C22H21N7O. The molecule has 0 radical (unpaired) electrons. The number of carbonyl (C=O) groups excluding carboxylic acids is 1. The standard InChI is InChI=1S/C22H21N7O/c1-23-20-19-16(8-18(27-28-19)26-21(30)17-9-22(17)6-7-22)14(11-24-20)3-2-13-10-25-29(12-13)15-4-5-15/h8,10-12,15,17H,4-7,9H2,1H3,(H,23,24)(H,26,27,30)/t17-/m0/s1. The van der Waals surface area contributed by atoms with Crippen molar-refractivity contribution in [2.45, 2.75) is 38.1 Å².